The minimum atomic E-state index is 0.000579. The van der Waals surface area contributed by atoms with Gasteiger partial charge in [-0.25, -0.2) is 0 Å². The highest BCUT2D eigenvalue weighted by Gasteiger charge is 2.18. The maximum absolute atomic E-state index is 12.4. The molecule has 0 aliphatic rings. The van der Waals surface area contributed by atoms with Gasteiger partial charge >= 0.3 is 0 Å². The summed E-state index contributed by atoms with van der Waals surface area (Å²) in [4.78, 5) is 12.4. The molecule has 2 rings (SSSR count). The lowest BCUT2D eigenvalue weighted by molar-refractivity contribution is 0.103. The fraction of sp³-hybridized carbons (Fsp3) is 0.214. The second kappa shape index (κ2) is 4.49. The number of halogens is 1. The summed E-state index contributed by atoms with van der Waals surface area (Å²) in [5.41, 5.74) is 4.50. The van der Waals surface area contributed by atoms with Crippen LogP contribution in [-0.4, -0.2) is 5.78 Å². The van der Waals surface area contributed by atoms with Crippen molar-refractivity contribution in [3.05, 3.63) is 56.9 Å². The molecule has 0 bridgehead atoms. The van der Waals surface area contributed by atoms with Gasteiger partial charge in [-0.2, -0.15) is 0 Å². The second-order valence-electron chi connectivity index (χ2n) is 4.21. The molecule has 1 aromatic carbocycles. The molecule has 0 radical (unpaired) electrons. The van der Waals surface area contributed by atoms with E-state index in [9.17, 15) is 4.79 Å². The number of hydrogen-bond acceptors (Lipinski definition) is 2. The molecule has 0 aliphatic carbocycles. The summed E-state index contributed by atoms with van der Waals surface area (Å²) in [7, 11) is 0. The van der Waals surface area contributed by atoms with Gasteiger partial charge in [-0.05, 0) is 53.9 Å². The Morgan fingerprint density at radius 1 is 1.18 bits per heavy atom. The van der Waals surface area contributed by atoms with E-state index in [-0.39, 0.29) is 5.78 Å². The summed E-state index contributed by atoms with van der Waals surface area (Å²) in [6, 6.07) is 5.73. The molecular weight excluding hydrogens is 280 g/mol. The van der Waals surface area contributed by atoms with E-state index < -0.39 is 0 Å². The molecule has 3 heteroatoms. The minimum Gasteiger partial charge on any atom is -0.457 e. The third kappa shape index (κ3) is 2.20. The number of rotatable bonds is 2. The van der Waals surface area contributed by atoms with Crippen molar-refractivity contribution in [2.24, 2.45) is 0 Å². The van der Waals surface area contributed by atoms with Crippen LogP contribution in [0.3, 0.4) is 0 Å². The zero-order chi connectivity index (χ0) is 12.6. The quantitative estimate of drug-likeness (QED) is 0.777. The normalized spacial score (nSPS) is 10.6. The monoisotopic (exact) mass is 292 g/mol. The van der Waals surface area contributed by atoms with Crippen molar-refractivity contribution in [2.45, 2.75) is 20.8 Å². The van der Waals surface area contributed by atoms with Crippen LogP contribution in [0, 0.1) is 20.8 Å². The molecule has 2 aromatic rings. The van der Waals surface area contributed by atoms with Gasteiger partial charge in [-0.1, -0.05) is 17.7 Å². The third-order valence-corrected chi connectivity index (χ3v) is 3.38. The van der Waals surface area contributed by atoms with Crippen LogP contribution < -0.4 is 0 Å². The van der Waals surface area contributed by atoms with Crippen LogP contribution in [0.15, 0.2) is 33.5 Å². The molecule has 88 valence electrons. The van der Waals surface area contributed by atoms with E-state index >= 15 is 0 Å². The van der Waals surface area contributed by atoms with E-state index in [0.29, 0.717) is 10.2 Å². The van der Waals surface area contributed by atoms with Crippen molar-refractivity contribution in [1.82, 2.24) is 0 Å². The van der Waals surface area contributed by atoms with Crippen molar-refractivity contribution >= 4 is 21.7 Å². The molecule has 0 amide bonds. The Morgan fingerprint density at radius 2 is 1.76 bits per heavy atom. The number of ketones is 1. The fourth-order valence-electron chi connectivity index (χ4n) is 2.13. The standard InChI is InChI=1S/C14H13BrO2/c1-8-6-9(2)12(10(3)7-8)13(16)11-4-5-17-14(11)15/h4-7H,1-3H3. The van der Waals surface area contributed by atoms with Crippen molar-refractivity contribution in [1.29, 1.82) is 0 Å². The topological polar surface area (TPSA) is 30.2 Å². The summed E-state index contributed by atoms with van der Waals surface area (Å²) in [6.07, 6.45) is 1.51. The van der Waals surface area contributed by atoms with Gasteiger partial charge in [0.25, 0.3) is 0 Å². The summed E-state index contributed by atoms with van der Waals surface area (Å²) in [5, 5.41) is 0. The van der Waals surface area contributed by atoms with E-state index in [1.54, 1.807) is 6.07 Å². The summed E-state index contributed by atoms with van der Waals surface area (Å²) < 4.78 is 5.59. The first-order valence-corrected chi connectivity index (χ1v) is 6.15. The molecule has 0 aliphatic heterocycles. The van der Waals surface area contributed by atoms with Gasteiger partial charge in [-0.3, -0.25) is 4.79 Å². The van der Waals surface area contributed by atoms with Crippen LogP contribution in [0.5, 0.6) is 0 Å². The molecule has 0 fully saturated rings. The molecule has 1 heterocycles. The molecule has 0 N–H and O–H groups in total. The number of benzene rings is 1. The molecule has 0 saturated carbocycles. The summed E-state index contributed by atoms with van der Waals surface area (Å²) in [5.74, 6) is 0.000579. The van der Waals surface area contributed by atoms with Gasteiger partial charge < -0.3 is 4.42 Å². The van der Waals surface area contributed by atoms with E-state index in [1.807, 2.05) is 32.9 Å². The van der Waals surface area contributed by atoms with Crippen LogP contribution in [0.25, 0.3) is 0 Å². The van der Waals surface area contributed by atoms with Gasteiger partial charge in [0.15, 0.2) is 10.5 Å². The molecule has 17 heavy (non-hydrogen) atoms. The predicted molar refractivity (Wildman–Crippen MR) is 70.5 cm³/mol. The van der Waals surface area contributed by atoms with Crippen LogP contribution in [0.2, 0.25) is 0 Å². The average molecular weight is 293 g/mol. The predicted octanol–water partition coefficient (Wildman–Crippen LogP) is 4.20. The SMILES string of the molecule is Cc1cc(C)c(C(=O)c2ccoc2Br)c(C)c1. The highest BCUT2D eigenvalue weighted by molar-refractivity contribution is 9.10. The van der Waals surface area contributed by atoms with Gasteiger partial charge in [-0.15, -0.1) is 0 Å². The number of hydrogen-bond donors (Lipinski definition) is 0. The van der Waals surface area contributed by atoms with E-state index in [1.165, 1.54) is 11.8 Å². The van der Waals surface area contributed by atoms with Crippen LogP contribution in [-0.2, 0) is 0 Å². The average Bonchev–Trinajstić information content (AvgIpc) is 2.62. The Balaban J connectivity index is 2.56. The summed E-state index contributed by atoms with van der Waals surface area (Å²) in [6.45, 7) is 5.95. The smallest absolute Gasteiger partial charge is 0.197 e. The first-order chi connectivity index (χ1) is 8.00. The number of carbonyl (C=O) groups is 1. The highest BCUT2D eigenvalue weighted by atomic mass is 79.9. The lowest BCUT2D eigenvalue weighted by Gasteiger charge is -2.09. The second-order valence-corrected chi connectivity index (χ2v) is 4.93. The molecule has 0 atom stereocenters. The lowest BCUT2D eigenvalue weighted by Crippen LogP contribution is -2.06. The Hall–Kier alpha value is -1.35. The maximum atomic E-state index is 12.4. The number of carbonyl (C=O) groups excluding carboxylic acids is 1. The van der Waals surface area contributed by atoms with Crippen molar-refractivity contribution < 1.29 is 9.21 Å². The minimum absolute atomic E-state index is 0.000579. The molecule has 1 aromatic heterocycles. The third-order valence-electron chi connectivity index (χ3n) is 2.77. The fourth-order valence-corrected chi connectivity index (χ4v) is 2.55. The Bertz CT molecular complexity index is 559. The van der Waals surface area contributed by atoms with Gasteiger partial charge in [0.05, 0.1) is 11.8 Å². The first kappa shape index (κ1) is 12.1. The largest absolute Gasteiger partial charge is 0.457 e. The van der Waals surface area contributed by atoms with Crippen LogP contribution in [0.4, 0.5) is 0 Å². The Labute approximate surface area is 109 Å². The van der Waals surface area contributed by atoms with Crippen molar-refractivity contribution in [3.63, 3.8) is 0 Å². The molecule has 0 unspecified atom stereocenters. The number of furan rings is 1. The molecule has 2 nitrogen and oxygen atoms in total. The van der Waals surface area contributed by atoms with Gasteiger partial charge in [0.2, 0.25) is 0 Å². The molecule has 0 saturated heterocycles. The Morgan fingerprint density at radius 3 is 2.24 bits per heavy atom. The summed E-state index contributed by atoms with van der Waals surface area (Å²) >= 11 is 3.24. The maximum Gasteiger partial charge on any atom is 0.197 e. The first-order valence-electron chi connectivity index (χ1n) is 5.36. The number of aryl methyl sites for hydroxylation is 3. The van der Waals surface area contributed by atoms with Gasteiger partial charge in [0.1, 0.15) is 0 Å². The van der Waals surface area contributed by atoms with E-state index in [4.69, 9.17) is 4.42 Å². The Kier molecular flexibility index (Phi) is 3.20. The highest BCUT2D eigenvalue weighted by Crippen LogP contribution is 2.25. The molecular formula is C14H13BrO2. The van der Waals surface area contributed by atoms with E-state index in [0.717, 1.165) is 16.7 Å². The van der Waals surface area contributed by atoms with Crippen molar-refractivity contribution in [3.8, 4) is 0 Å². The van der Waals surface area contributed by atoms with Crippen molar-refractivity contribution in [2.75, 3.05) is 0 Å². The van der Waals surface area contributed by atoms with Crippen LogP contribution in [0.1, 0.15) is 32.6 Å². The van der Waals surface area contributed by atoms with E-state index in [2.05, 4.69) is 15.9 Å². The zero-order valence-electron chi connectivity index (χ0n) is 10.0. The zero-order valence-corrected chi connectivity index (χ0v) is 11.6. The molecule has 0 spiro atoms. The van der Waals surface area contributed by atoms with Crippen LogP contribution >= 0.6 is 15.9 Å². The van der Waals surface area contributed by atoms with Gasteiger partial charge in [0, 0.05) is 5.56 Å². The lowest BCUT2D eigenvalue weighted by atomic mass is 9.94.